The fraction of sp³-hybridized carbons (Fsp3) is 0.385. The van der Waals surface area contributed by atoms with Gasteiger partial charge in [-0.2, -0.15) is 0 Å². The summed E-state index contributed by atoms with van der Waals surface area (Å²) >= 11 is 0. The van der Waals surface area contributed by atoms with E-state index >= 15 is 0 Å². The smallest absolute Gasteiger partial charge is 0.177 e. The average molecular weight is 243 g/mol. The molecule has 0 fully saturated rings. The summed E-state index contributed by atoms with van der Waals surface area (Å²) in [6.07, 6.45) is 1.54. The van der Waals surface area contributed by atoms with Crippen LogP contribution in [0.2, 0.25) is 0 Å². The fourth-order valence-electron chi connectivity index (χ4n) is 1.72. The van der Waals surface area contributed by atoms with Crippen molar-refractivity contribution in [1.29, 1.82) is 0 Å². The van der Waals surface area contributed by atoms with Gasteiger partial charge in [0.2, 0.25) is 0 Å². The molecule has 1 heterocycles. The van der Waals surface area contributed by atoms with Crippen LogP contribution in [0.4, 0.5) is 0 Å². The minimum absolute atomic E-state index is 0.185. The Morgan fingerprint density at radius 1 is 1.00 bits per heavy atom. The molecule has 5 heteroatoms. The third-order valence-electron chi connectivity index (χ3n) is 2.56. The van der Waals surface area contributed by atoms with Crippen molar-refractivity contribution in [1.82, 2.24) is 20.4 Å². The fourth-order valence-corrected chi connectivity index (χ4v) is 1.72. The zero-order chi connectivity index (χ0) is 13.0. The van der Waals surface area contributed by atoms with Crippen LogP contribution in [0.1, 0.15) is 29.7 Å². The Balaban J connectivity index is 2.04. The van der Waals surface area contributed by atoms with Crippen molar-refractivity contribution in [3.63, 3.8) is 0 Å². The standard InChI is InChI=1S/C13H17N5/c1-9(14)7-11-3-5-12(6-4-11)8-13-17-15-10(2)16-18-13/h3-6,9H,7-8,14H2,1-2H3. The Morgan fingerprint density at radius 3 is 2.11 bits per heavy atom. The minimum Gasteiger partial charge on any atom is -0.328 e. The number of aryl methyl sites for hydroxylation is 1. The van der Waals surface area contributed by atoms with Crippen LogP contribution in [-0.2, 0) is 12.8 Å². The van der Waals surface area contributed by atoms with Gasteiger partial charge in [0.1, 0.15) is 0 Å². The highest BCUT2D eigenvalue weighted by Crippen LogP contribution is 2.08. The first-order valence-corrected chi connectivity index (χ1v) is 6.00. The first kappa shape index (κ1) is 12.6. The first-order valence-electron chi connectivity index (χ1n) is 6.00. The number of nitrogens with two attached hydrogens (primary N) is 1. The maximum atomic E-state index is 5.76. The van der Waals surface area contributed by atoms with Gasteiger partial charge in [0.15, 0.2) is 11.6 Å². The molecule has 94 valence electrons. The van der Waals surface area contributed by atoms with Crippen LogP contribution >= 0.6 is 0 Å². The van der Waals surface area contributed by atoms with E-state index in [-0.39, 0.29) is 6.04 Å². The maximum absolute atomic E-state index is 5.76. The largest absolute Gasteiger partial charge is 0.328 e. The SMILES string of the molecule is Cc1nnc(Cc2ccc(CC(C)N)cc2)nn1. The molecule has 1 unspecified atom stereocenters. The molecule has 0 spiro atoms. The lowest BCUT2D eigenvalue weighted by molar-refractivity contribution is 0.735. The van der Waals surface area contributed by atoms with Crippen molar-refractivity contribution in [2.24, 2.45) is 5.73 Å². The minimum atomic E-state index is 0.185. The number of rotatable bonds is 4. The molecule has 0 saturated carbocycles. The molecule has 0 radical (unpaired) electrons. The molecule has 1 aromatic carbocycles. The molecule has 0 amide bonds. The molecule has 1 aromatic heterocycles. The average Bonchev–Trinajstić information content (AvgIpc) is 2.34. The van der Waals surface area contributed by atoms with Gasteiger partial charge < -0.3 is 5.73 Å². The van der Waals surface area contributed by atoms with Gasteiger partial charge in [-0.05, 0) is 31.4 Å². The van der Waals surface area contributed by atoms with E-state index in [0.717, 1.165) is 12.0 Å². The zero-order valence-corrected chi connectivity index (χ0v) is 10.7. The predicted octanol–water partition coefficient (Wildman–Crippen LogP) is 1.06. The highest BCUT2D eigenvalue weighted by Gasteiger charge is 2.02. The van der Waals surface area contributed by atoms with E-state index in [1.54, 1.807) is 6.92 Å². The van der Waals surface area contributed by atoms with Crippen LogP contribution in [0.25, 0.3) is 0 Å². The quantitative estimate of drug-likeness (QED) is 0.868. The first-order chi connectivity index (χ1) is 8.63. The molecule has 2 aromatic rings. The molecule has 2 rings (SSSR count). The van der Waals surface area contributed by atoms with E-state index in [2.05, 4.69) is 44.7 Å². The van der Waals surface area contributed by atoms with Crippen molar-refractivity contribution in [3.8, 4) is 0 Å². The number of nitrogens with zero attached hydrogens (tertiary/aromatic N) is 4. The topological polar surface area (TPSA) is 77.6 Å². The van der Waals surface area contributed by atoms with Gasteiger partial charge in [0.05, 0.1) is 0 Å². The van der Waals surface area contributed by atoms with E-state index in [1.807, 2.05) is 6.92 Å². The summed E-state index contributed by atoms with van der Waals surface area (Å²) in [5.41, 5.74) is 8.16. The lowest BCUT2D eigenvalue weighted by Crippen LogP contribution is -2.17. The van der Waals surface area contributed by atoms with E-state index in [4.69, 9.17) is 5.73 Å². The Morgan fingerprint density at radius 2 is 1.56 bits per heavy atom. The van der Waals surface area contributed by atoms with E-state index in [0.29, 0.717) is 18.1 Å². The Hall–Kier alpha value is -1.88. The number of hydrogen-bond donors (Lipinski definition) is 1. The van der Waals surface area contributed by atoms with Crippen molar-refractivity contribution >= 4 is 0 Å². The Labute approximate surface area is 106 Å². The summed E-state index contributed by atoms with van der Waals surface area (Å²) in [5, 5.41) is 15.8. The summed E-state index contributed by atoms with van der Waals surface area (Å²) < 4.78 is 0. The van der Waals surface area contributed by atoms with Gasteiger partial charge >= 0.3 is 0 Å². The van der Waals surface area contributed by atoms with Crippen LogP contribution in [-0.4, -0.2) is 26.4 Å². The molecule has 1 atom stereocenters. The van der Waals surface area contributed by atoms with Crippen LogP contribution in [0.5, 0.6) is 0 Å². The summed E-state index contributed by atoms with van der Waals surface area (Å²) in [4.78, 5) is 0. The summed E-state index contributed by atoms with van der Waals surface area (Å²) in [7, 11) is 0. The number of benzene rings is 1. The third-order valence-corrected chi connectivity index (χ3v) is 2.56. The summed E-state index contributed by atoms with van der Waals surface area (Å²) in [6.45, 7) is 3.78. The normalized spacial score (nSPS) is 12.4. The maximum Gasteiger partial charge on any atom is 0.177 e. The molecule has 18 heavy (non-hydrogen) atoms. The molecule has 5 nitrogen and oxygen atoms in total. The highest BCUT2D eigenvalue weighted by molar-refractivity contribution is 5.25. The molecule has 0 aliphatic carbocycles. The summed E-state index contributed by atoms with van der Waals surface area (Å²) in [5.74, 6) is 1.23. The molecule has 2 N–H and O–H groups in total. The Kier molecular flexibility index (Phi) is 3.94. The second-order valence-corrected chi connectivity index (χ2v) is 4.54. The number of aromatic nitrogens is 4. The molecule has 0 bridgehead atoms. The van der Waals surface area contributed by atoms with Gasteiger partial charge in [0, 0.05) is 12.5 Å². The molecular formula is C13H17N5. The van der Waals surface area contributed by atoms with E-state index in [1.165, 1.54) is 5.56 Å². The second kappa shape index (κ2) is 5.64. The van der Waals surface area contributed by atoms with Crippen LogP contribution in [0.3, 0.4) is 0 Å². The number of hydrogen-bond acceptors (Lipinski definition) is 5. The van der Waals surface area contributed by atoms with Gasteiger partial charge in [-0.25, -0.2) is 0 Å². The van der Waals surface area contributed by atoms with Crippen molar-refractivity contribution in [2.75, 3.05) is 0 Å². The molecule has 0 aliphatic rings. The molecule has 0 aliphatic heterocycles. The predicted molar refractivity (Wildman–Crippen MR) is 69.0 cm³/mol. The van der Waals surface area contributed by atoms with Crippen LogP contribution in [0, 0.1) is 6.92 Å². The van der Waals surface area contributed by atoms with Crippen LogP contribution < -0.4 is 5.73 Å². The van der Waals surface area contributed by atoms with Gasteiger partial charge in [-0.3, -0.25) is 0 Å². The van der Waals surface area contributed by atoms with Gasteiger partial charge in [-0.1, -0.05) is 24.3 Å². The van der Waals surface area contributed by atoms with Gasteiger partial charge in [-0.15, -0.1) is 20.4 Å². The zero-order valence-electron chi connectivity index (χ0n) is 10.7. The lowest BCUT2D eigenvalue weighted by Gasteiger charge is -2.06. The van der Waals surface area contributed by atoms with E-state index < -0.39 is 0 Å². The summed E-state index contributed by atoms with van der Waals surface area (Å²) in [6, 6.07) is 8.51. The van der Waals surface area contributed by atoms with Gasteiger partial charge in [0.25, 0.3) is 0 Å². The second-order valence-electron chi connectivity index (χ2n) is 4.54. The molecule has 0 saturated heterocycles. The lowest BCUT2D eigenvalue weighted by atomic mass is 10.0. The Bertz CT molecular complexity index is 490. The monoisotopic (exact) mass is 243 g/mol. The van der Waals surface area contributed by atoms with E-state index in [9.17, 15) is 0 Å². The highest BCUT2D eigenvalue weighted by atomic mass is 15.3. The molecular weight excluding hydrogens is 226 g/mol. The van der Waals surface area contributed by atoms with Crippen molar-refractivity contribution in [2.45, 2.75) is 32.7 Å². The van der Waals surface area contributed by atoms with Crippen LogP contribution in [0.15, 0.2) is 24.3 Å². The third kappa shape index (κ3) is 3.56. The van der Waals surface area contributed by atoms with Crippen molar-refractivity contribution < 1.29 is 0 Å². The van der Waals surface area contributed by atoms with Crippen molar-refractivity contribution in [3.05, 3.63) is 47.0 Å².